The van der Waals surface area contributed by atoms with Gasteiger partial charge in [0, 0.05) is 49.4 Å². The van der Waals surface area contributed by atoms with E-state index in [0.717, 1.165) is 55.7 Å². The van der Waals surface area contributed by atoms with Crippen LogP contribution < -0.4 is 4.90 Å². The van der Waals surface area contributed by atoms with Crippen molar-refractivity contribution < 1.29 is 5.11 Å². The van der Waals surface area contributed by atoms with Gasteiger partial charge in [0.05, 0.1) is 24.5 Å². The molecule has 2 aromatic rings. The van der Waals surface area contributed by atoms with Crippen LogP contribution in [0, 0.1) is 20.8 Å². The van der Waals surface area contributed by atoms with E-state index >= 15 is 0 Å². The zero-order chi connectivity index (χ0) is 17.1. The van der Waals surface area contributed by atoms with Crippen molar-refractivity contribution in [2.45, 2.75) is 40.3 Å². The highest BCUT2D eigenvalue weighted by Crippen LogP contribution is 2.22. The molecule has 1 fully saturated rings. The minimum atomic E-state index is 0.132. The molecule has 1 N–H and O–H groups in total. The number of thiazole rings is 1. The normalized spacial score (nSPS) is 16.6. The maximum Gasteiger partial charge on any atom is 0.185 e. The van der Waals surface area contributed by atoms with Gasteiger partial charge in [-0.3, -0.25) is 9.58 Å². The molecule has 0 amide bonds. The quantitative estimate of drug-likeness (QED) is 0.894. The Balaban J connectivity index is 1.65. The zero-order valence-electron chi connectivity index (χ0n) is 14.8. The van der Waals surface area contributed by atoms with Crippen LogP contribution in [-0.4, -0.2) is 57.6 Å². The Hall–Kier alpha value is -1.44. The van der Waals surface area contributed by atoms with Crippen molar-refractivity contribution in [2.75, 3.05) is 37.7 Å². The largest absolute Gasteiger partial charge is 0.394 e. The van der Waals surface area contributed by atoms with Gasteiger partial charge in [-0.1, -0.05) is 0 Å². The Morgan fingerprint density at radius 2 is 2.00 bits per heavy atom. The van der Waals surface area contributed by atoms with Crippen LogP contribution in [0.15, 0.2) is 5.38 Å². The summed E-state index contributed by atoms with van der Waals surface area (Å²) in [5.74, 6) is 0. The average molecular weight is 350 g/mol. The first kappa shape index (κ1) is 17.4. The van der Waals surface area contributed by atoms with Crippen molar-refractivity contribution in [1.29, 1.82) is 0 Å². The minimum Gasteiger partial charge on any atom is -0.394 e. The van der Waals surface area contributed by atoms with Crippen LogP contribution >= 0.6 is 11.3 Å². The number of aliphatic hydroxyl groups excluding tert-OH is 1. The first-order chi connectivity index (χ1) is 11.6. The van der Waals surface area contributed by atoms with Crippen molar-refractivity contribution in [1.82, 2.24) is 19.7 Å². The monoisotopic (exact) mass is 349 g/mol. The number of nitrogens with zero attached hydrogens (tertiary/aromatic N) is 5. The van der Waals surface area contributed by atoms with E-state index < -0.39 is 0 Å². The van der Waals surface area contributed by atoms with E-state index in [9.17, 15) is 0 Å². The molecule has 1 aliphatic rings. The van der Waals surface area contributed by atoms with Crippen LogP contribution in [0.4, 0.5) is 5.13 Å². The molecule has 0 unspecified atom stereocenters. The van der Waals surface area contributed by atoms with E-state index in [2.05, 4.69) is 46.0 Å². The summed E-state index contributed by atoms with van der Waals surface area (Å²) in [7, 11) is 0. The van der Waals surface area contributed by atoms with E-state index in [0.29, 0.717) is 6.54 Å². The fourth-order valence-corrected chi connectivity index (χ4v) is 4.16. The molecule has 7 heteroatoms. The number of hydrogen-bond acceptors (Lipinski definition) is 6. The molecule has 0 spiro atoms. The molecule has 0 aromatic carbocycles. The topological polar surface area (TPSA) is 57.4 Å². The fourth-order valence-electron chi connectivity index (χ4n) is 3.31. The summed E-state index contributed by atoms with van der Waals surface area (Å²) in [6.07, 6.45) is 1.15. The van der Waals surface area contributed by atoms with Crippen molar-refractivity contribution in [3.63, 3.8) is 0 Å². The lowest BCUT2D eigenvalue weighted by Crippen LogP contribution is -2.30. The van der Waals surface area contributed by atoms with Crippen molar-refractivity contribution in [3.8, 4) is 0 Å². The maximum atomic E-state index is 9.16. The van der Waals surface area contributed by atoms with Crippen LogP contribution in [0.3, 0.4) is 0 Å². The SMILES string of the molecule is Cc1csc(N2CCCN(Cc3c(C)nn(CCO)c3C)CC2)n1. The standard InChI is InChI=1S/C17H27N5OS/c1-13-12-24-17(18-13)21-6-4-5-20(7-8-21)11-16-14(2)19-22(9-10-23)15(16)3/h12,23H,4-11H2,1-3H3. The molecule has 0 atom stereocenters. The molecule has 0 bridgehead atoms. The van der Waals surface area contributed by atoms with Gasteiger partial charge in [-0.15, -0.1) is 11.3 Å². The van der Waals surface area contributed by atoms with Crippen LogP contribution in [0.1, 0.15) is 29.1 Å². The van der Waals surface area contributed by atoms with Crippen molar-refractivity contribution in [3.05, 3.63) is 28.0 Å². The van der Waals surface area contributed by atoms with Crippen LogP contribution in [0.25, 0.3) is 0 Å². The van der Waals surface area contributed by atoms with Gasteiger partial charge in [-0.05, 0) is 27.2 Å². The molecule has 3 rings (SSSR count). The predicted octanol–water partition coefficient (Wildman–Crippen LogP) is 1.97. The molecule has 0 radical (unpaired) electrons. The Kier molecular flexibility index (Phi) is 5.53. The average Bonchev–Trinajstić information content (AvgIpc) is 2.99. The summed E-state index contributed by atoms with van der Waals surface area (Å²) in [5, 5.41) is 17.0. The van der Waals surface area contributed by atoms with Crippen LogP contribution in [-0.2, 0) is 13.1 Å². The third-order valence-electron chi connectivity index (χ3n) is 4.69. The highest BCUT2D eigenvalue weighted by Gasteiger charge is 2.20. The molecule has 2 aromatic heterocycles. The lowest BCUT2D eigenvalue weighted by atomic mass is 10.2. The molecular formula is C17H27N5OS. The van der Waals surface area contributed by atoms with E-state index in [1.165, 1.54) is 11.3 Å². The van der Waals surface area contributed by atoms with E-state index in [4.69, 9.17) is 5.11 Å². The van der Waals surface area contributed by atoms with Gasteiger partial charge in [0.1, 0.15) is 0 Å². The molecule has 24 heavy (non-hydrogen) atoms. The second-order valence-electron chi connectivity index (χ2n) is 6.48. The molecule has 3 heterocycles. The first-order valence-corrected chi connectivity index (χ1v) is 9.49. The molecule has 1 aliphatic heterocycles. The highest BCUT2D eigenvalue weighted by molar-refractivity contribution is 7.13. The minimum absolute atomic E-state index is 0.132. The summed E-state index contributed by atoms with van der Waals surface area (Å²) in [4.78, 5) is 9.55. The Labute approximate surface area is 147 Å². The number of aryl methyl sites for hydroxylation is 2. The molecule has 132 valence electrons. The fraction of sp³-hybridized carbons (Fsp3) is 0.647. The molecule has 1 saturated heterocycles. The first-order valence-electron chi connectivity index (χ1n) is 8.61. The summed E-state index contributed by atoms with van der Waals surface area (Å²) in [5.41, 5.74) is 4.68. The molecule has 6 nitrogen and oxygen atoms in total. The second kappa shape index (κ2) is 7.63. The Bertz CT molecular complexity index is 681. The number of rotatable bonds is 5. The van der Waals surface area contributed by atoms with Gasteiger partial charge < -0.3 is 10.0 Å². The Morgan fingerprint density at radius 1 is 1.17 bits per heavy atom. The smallest absolute Gasteiger partial charge is 0.185 e. The zero-order valence-corrected chi connectivity index (χ0v) is 15.6. The van der Waals surface area contributed by atoms with Crippen molar-refractivity contribution >= 4 is 16.5 Å². The van der Waals surface area contributed by atoms with Gasteiger partial charge in [-0.25, -0.2) is 4.98 Å². The molecule has 0 saturated carbocycles. The van der Waals surface area contributed by atoms with Crippen LogP contribution in [0.5, 0.6) is 0 Å². The second-order valence-corrected chi connectivity index (χ2v) is 7.32. The Morgan fingerprint density at radius 3 is 2.71 bits per heavy atom. The predicted molar refractivity (Wildman–Crippen MR) is 97.7 cm³/mol. The lowest BCUT2D eigenvalue weighted by Gasteiger charge is -2.21. The number of hydrogen-bond donors (Lipinski definition) is 1. The number of aromatic nitrogens is 3. The summed E-state index contributed by atoms with van der Waals surface area (Å²) in [6.45, 7) is 12.1. The summed E-state index contributed by atoms with van der Waals surface area (Å²) >= 11 is 1.74. The molecule has 0 aliphatic carbocycles. The van der Waals surface area contributed by atoms with Gasteiger partial charge in [0.25, 0.3) is 0 Å². The van der Waals surface area contributed by atoms with Gasteiger partial charge in [-0.2, -0.15) is 5.10 Å². The third kappa shape index (κ3) is 3.79. The summed E-state index contributed by atoms with van der Waals surface area (Å²) < 4.78 is 1.92. The molecular weight excluding hydrogens is 322 g/mol. The highest BCUT2D eigenvalue weighted by atomic mass is 32.1. The maximum absolute atomic E-state index is 9.16. The van der Waals surface area contributed by atoms with Crippen molar-refractivity contribution in [2.24, 2.45) is 0 Å². The van der Waals surface area contributed by atoms with Gasteiger partial charge in [0.2, 0.25) is 0 Å². The van der Waals surface area contributed by atoms with Gasteiger partial charge >= 0.3 is 0 Å². The summed E-state index contributed by atoms with van der Waals surface area (Å²) in [6, 6.07) is 0. The van der Waals surface area contributed by atoms with E-state index in [1.807, 2.05) is 4.68 Å². The van der Waals surface area contributed by atoms with Gasteiger partial charge in [0.15, 0.2) is 5.13 Å². The third-order valence-corrected chi connectivity index (χ3v) is 5.71. The number of aliphatic hydroxyl groups is 1. The number of anilines is 1. The van der Waals surface area contributed by atoms with E-state index in [1.54, 1.807) is 11.3 Å². The van der Waals surface area contributed by atoms with E-state index in [-0.39, 0.29) is 6.61 Å². The van der Waals surface area contributed by atoms with Crippen LogP contribution in [0.2, 0.25) is 0 Å². The lowest BCUT2D eigenvalue weighted by molar-refractivity contribution is 0.267.